The van der Waals surface area contributed by atoms with Gasteiger partial charge in [0.25, 0.3) is 0 Å². The zero-order chi connectivity index (χ0) is 33.0. The molecule has 10 aromatic rings. The van der Waals surface area contributed by atoms with Crippen molar-refractivity contribution >= 4 is 55.6 Å². The number of para-hydroxylation sites is 2. The second kappa shape index (κ2) is 11.9. The Kier molecular flexibility index (Phi) is 6.91. The molecule has 0 spiro atoms. The molecule has 2 heterocycles. The SMILES string of the molecule is c1ccc(-c2cccc(-c3cc(-c4ccc5c6ccccc6n(-c6ccccc6)c5c4)cc(-c4cccc5c4[se]c4ccccc45)c3)c2)cc1. The molecule has 0 aliphatic heterocycles. The van der Waals surface area contributed by atoms with Gasteiger partial charge in [0.1, 0.15) is 0 Å². The van der Waals surface area contributed by atoms with Gasteiger partial charge < -0.3 is 0 Å². The average molecular weight is 701 g/mol. The van der Waals surface area contributed by atoms with Crippen molar-refractivity contribution < 1.29 is 0 Å². The maximum atomic E-state index is 2.41. The number of fused-ring (bicyclic) bond motifs is 6. The summed E-state index contributed by atoms with van der Waals surface area (Å²) in [5.74, 6) is 0. The Morgan fingerprint density at radius 1 is 0.320 bits per heavy atom. The second-order valence-corrected chi connectivity index (χ2v) is 15.2. The Labute approximate surface area is 297 Å². The zero-order valence-corrected chi connectivity index (χ0v) is 29.0. The van der Waals surface area contributed by atoms with Gasteiger partial charge >= 0.3 is 292 Å². The Bertz CT molecular complexity index is 2860. The molecule has 8 aromatic carbocycles. The summed E-state index contributed by atoms with van der Waals surface area (Å²) in [4.78, 5) is 0. The van der Waals surface area contributed by atoms with Crippen molar-refractivity contribution in [3.8, 4) is 50.2 Å². The van der Waals surface area contributed by atoms with Crippen molar-refractivity contribution in [2.45, 2.75) is 0 Å². The van der Waals surface area contributed by atoms with E-state index in [4.69, 9.17) is 0 Å². The number of benzene rings is 8. The maximum absolute atomic E-state index is 2.41. The first kappa shape index (κ1) is 29.0. The third-order valence-corrected chi connectivity index (χ3v) is 12.5. The molecule has 50 heavy (non-hydrogen) atoms. The summed E-state index contributed by atoms with van der Waals surface area (Å²) >= 11 is 0.251. The fourth-order valence-corrected chi connectivity index (χ4v) is 10.2. The van der Waals surface area contributed by atoms with Crippen LogP contribution in [0, 0.1) is 0 Å². The molecule has 2 heteroatoms. The van der Waals surface area contributed by atoms with Gasteiger partial charge in [0.2, 0.25) is 0 Å². The van der Waals surface area contributed by atoms with Gasteiger partial charge in [-0.1, -0.05) is 6.07 Å². The van der Waals surface area contributed by atoms with Crippen molar-refractivity contribution in [1.82, 2.24) is 4.57 Å². The molecule has 0 N–H and O–H groups in total. The van der Waals surface area contributed by atoms with E-state index in [-0.39, 0.29) is 14.5 Å². The zero-order valence-electron chi connectivity index (χ0n) is 27.3. The van der Waals surface area contributed by atoms with E-state index in [1.807, 2.05) is 0 Å². The van der Waals surface area contributed by atoms with E-state index in [0.29, 0.717) is 0 Å². The molecule has 0 unspecified atom stereocenters. The molecular formula is C48H31NSe. The molecule has 0 aliphatic rings. The van der Waals surface area contributed by atoms with Gasteiger partial charge in [-0.25, -0.2) is 0 Å². The fraction of sp³-hybridized carbons (Fsp3) is 0. The molecule has 0 fully saturated rings. The monoisotopic (exact) mass is 701 g/mol. The first-order valence-electron chi connectivity index (χ1n) is 17.1. The van der Waals surface area contributed by atoms with E-state index in [9.17, 15) is 0 Å². The van der Waals surface area contributed by atoms with Crippen LogP contribution < -0.4 is 0 Å². The first-order valence-corrected chi connectivity index (χ1v) is 18.8. The first-order chi connectivity index (χ1) is 24.8. The van der Waals surface area contributed by atoms with Gasteiger partial charge in [0.05, 0.1) is 0 Å². The minimum absolute atomic E-state index is 0.251. The van der Waals surface area contributed by atoms with Crippen LogP contribution >= 0.6 is 0 Å². The average Bonchev–Trinajstić information content (AvgIpc) is 3.74. The summed E-state index contributed by atoms with van der Waals surface area (Å²) in [7, 11) is 0. The molecule has 0 atom stereocenters. The molecule has 0 saturated heterocycles. The summed E-state index contributed by atoms with van der Waals surface area (Å²) in [6, 6.07) is 69.2. The number of hydrogen-bond donors (Lipinski definition) is 0. The van der Waals surface area contributed by atoms with Crippen LogP contribution in [0.3, 0.4) is 0 Å². The Hall–Kier alpha value is -5.92. The number of nitrogens with zero attached hydrogens (tertiary/aromatic N) is 1. The van der Waals surface area contributed by atoms with E-state index in [1.54, 1.807) is 0 Å². The molecule has 0 saturated carbocycles. The van der Waals surface area contributed by atoms with Crippen LogP contribution in [0.2, 0.25) is 0 Å². The van der Waals surface area contributed by atoms with Gasteiger partial charge in [0.15, 0.2) is 0 Å². The summed E-state index contributed by atoms with van der Waals surface area (Å²) in [6.07, 6.45) is 0. The van der Waals surface area contributed by atoms with Crippen LogP contribution in [0.15, 0.2) is 188 Å². The Balaban J connectivity index is 1.22. The molecule has 234 valence electrons. The minimum atomic E-state index is 0.251. The van der Waals surface area contributed by atoms with Crippen molar-refractivity contribution in [3.05, 3.63) is 188 Å². The topological polar surface area (TPSA) is 4.93 Å². The van der Waals surface area contributed by atoms with E-state index in [1.165, 1.54) is 91.3 Å². The van der Waals surface area contributed by atoms with Crippen LogP contribution in [0.5, 0.6) is 0 Å². The van der Waals surface area contributed by atoms with Gasteiger partial charge in [-0.05, 0) is 0 Å². The van der Waals surface area contributed by atoms with Crippen LogP contribution in [-0.4, -0.2) is 19.1 Å². The summed E-state index contributed by atoms with van der Waals surface area (Å²) in [6.45, 7) is 0. The molecular weight excluding hydrogens is 669 g/mol. The number of rotatable bonds is 5. The van der Waals surface area contributed by atoms with Crippen LogP contribution in [0.1, 0.15) is 0 Å². The fourth-order valence-electron chi connectivity index (χ4n) is 7.61. The molecule has 0 bridgehead atoms. The molecule has 0 amide bonds. The molecule has 0 radical (unpaired) electrons. The van der Waals surface area contributed by atoms with Gasteiger partial charge in [0, 0.05) is 0 Å². The van der Waals surface area contributed by atoms with Gasteiger partial charge in [-0.3, -0.25) is 0 Å². The summed E-state index contributed by atoms with van der Waals surface area (Å²) in [5, 5.41) is 5.30. The molecule has 2 aromatic heterocycles. The number of hydrogen-bond acceptors (Lipinski definition) is 0. The third kappa shape index (κ3) is 4.84. The van der Waals surface area contributed by atoms with Crippen LogP contribution in [-0.2, 0) is 0 Å². The predicted octanol–water partition coefficient (Wildman–Crippen LogP) is 12.8. The summed E-state index contributed by atoms with van der Waals surface area (Å²) < 4.78 is 5.35. The van der Waals surface area contributed by atoms with Crippen molar-refractivity contribution in [2.24, 2.45) is 0 Å². The van der Waals surface area contributed by atoms with E-state index in [2.05, 4.69) is 193 Å². The predicted molar refractivity (Wildman–Crippen MR) is 214 cm³/mol. The molecule has 10 rings (SSSR count). The van der Waals surface area contributed by atoms with E-state index < -0.39 is 0 Å². The quantitative estimate of drug-likeness (QED) is 0.158. The molecule has 0 aliphatic carbocycles. The van der Waals surface area contributed by atoms with Gasteiger partial charge in [-0.2, -0.15) is 0 Å². The van der Waals surface area contributed by atoms with Crippen LogP contribution in [0.4, 0.5) is 0 Å². The molecule has 1 nitrogen and oxygen atoms in total. The third-order valence-electron chi connectivity index (χ3n) is 9.97. The Morgan fingerprint density at radius 2 is 0.880 bits per heavy atom. The van der Waals surface area contributed by atoms with Crippen molar-refractivity contribution in [1.29, 1.82) is 0 Å². The number of aromatic nitrogens is 1. The van der Waals surface area contributed by atoms with Gasteiger partial charge in [-0.15, -0.1) is 0 Å². The Morgan fingerprint density at radius 3 is 1.70 bits per heavy atom. The standard InChI is InChI=1S/C48H31NSe/c1-3-13-32(14-4-1)33-15-11-16-34(27-33)36-28-37(30-38(29-36)40-21-12-22-44-43-20-8-10-24-47(43)50-48(40)44)35-25-26-42-41-19-7-9-23-45(41)49(46(42)31-35)39-17-5-2-6-18-39/h1-31H. The van der Waals surface area contributed by atoms with Crippen molar-refractivity contribution in [3.63, 3.8) is 0 Å². The second-order valence-electron chi connectivity index (χ2n) is 12.9. The normalized spacial score (nSPS) is 11.6. The van der Waals surface area contributed by atoms with E-state index >= 15 is 0 Å². The summed E-state index contributed by atoms with van der Waals surface area (Å²) in [5.41, 5.74) is 13.5. The van der Waals surface area contributed by atoms with Crippen molar-refractivity contribution in [2.75, 3.05) is 0 Å². The van der Waals surface area contributed by atoms with Crippen LogP contribution in [0.25, 0.3) is 91.3 Å². The van der Waals surface area contributed by atoms with E-state index in [0.717, 1.165) is 0 Å².